The molecular formula is C24H23N2O2-. The summed E-state index contributed by atoms with van der Waals surface area (Å²) in [7, 11) is 4.03. The van der Waals surface area contributed by atoms with Gasteiger partial charge in [0.1, 0.15) is 0 Å². The molecule has 1 aliphatic carbocycles. The van der Waals surface area contributed by atoms with Gasteiger partial charge in [0.25, 0.3) is 0 Å². The van der Waals surface area contributed by atoms with Crippen LogP contribution in [0.3, 0.4) is 0 Å². The number of carbonyl (C=O) groups is 1. The highest BCUT2D eigenvalue weighted by molar-refractivity contribution is 6.05. The Labute approximate surface area is 165 Å². The molecule has 0 amide bonds. The Kier molecular flexibility index (Phi) is 4.63. The molecule has 0 radical (unpaired) electrons. The first-order valence-corrected chi connectivity index (χ1v) is 9.55. The number of carboxylic acids is 1. The molecule has 28 heavy (non-hydrogen) atoms. The van der Waals surface area contributed by atoms with E-state index in [0.29, 0.717) is 28.8 Å². The molecule has 1 aliphatic rings. The van der Waals surface area contributed by atoms with Crippen molar-refractivity contribution in [1.29, 1.82) is 0 Å². The summed E-state index contributed by atoms with van der Waals surface area (Å²) in [6.07, 6.45) is 3.71. The molecule has 0 saturated carbocycles. The summed E-state index contributed by atoms with van der Waals surface area (Å²) in [5, 5.41) is 12.7. The molecule has 1 heterocycles. The van der Waals surface area contributed by atoms with Gasteiger partial charge in [-0.25, -0.2) is 4.98 Å². The van der Waals surface area contributed by atoms with Crippen LogP contribution in [0, 0.1) is 5.92 Å². The second kappa shape index (κ2) is 7.12. The summed E-state index contributed by atoms with van der Waals surface area (Å²) in [6.45, 7) is 2.15. The van der Waals surface area contributed by atoms with Gasteiger partial charge in [0.15, 0.2) is 0 Å². The van der Waals surface area contributed by atoms with Crippen molar-refractivity contribution in [3.05, 3.63) is 70.9 Å². The number of aromatic carboxylic acids is 1. The summed E-state index contributed by atoms with van der Waals surface area (Å²) in [4.78, 5) is 18.9. The predicted octanol–water partition coefficient (Wildman–Crippen LogP) is 3.79. The molecule has 2 aromatic carbocycles. The van der Waals surface area contributed by atoms with Crippen LogP contribution in [0.1, 0.15) is 40.5 Å². The van der Waals surface area contributed by atoms with Crippen molar-refractivity contribution in [2.75, 3.05) is 19.0 Å². The number of fused-ring (bicyclic) bond motifs is 2. The van der Waals surface area contributed by atoms with Crippen molar-refractivity contribution in [2.24, 2.45) is 5.92 Å². The lowest BCUT2D eigenvalue weighted by Crippen LogP contribution is -2.27. The number of allylic oxidation sites excluding steroid dienone is 1. The SMILES string of the molecule is C[C@@H]1C/C(=C\c2ccc(N(C)C)cc2)c2nc3ccccc3c(C(=O)[O-])c2C1. The Hall–Kier alpha value is -3.14. The minimum Gasteiger partial charge on any atom is -0.545 e. The molecule has 1 aromatic heterocycles. The van der Waals surface area contributed by atoms with Crippen LogP contribution in [-0.2, 0) is 6.42 Å². The minimum absolute atomic E-state index is 0.293. The summed E-state index contributed by atoms with van der Waals surface area (Å²) in [5.74, 6) is -0.778. The van der Waals surface area contributed by atoms with Crippen LogP contribution in [0.15, 0.2) is 48.5 Å². The summed E-state index contributed by atoms with van der Waals surface area (Å²) >= 11 is 0. The van der Waals surface area contributed by atoms with Crippen molar-refractivity contribution in [2.45, 2.75) is 19.8 Å². The Bertz CT molecular complexity index is 1080. The maximum atomic E-state index is 12.0. The Morgan fingerprint density at radius 3 is 2.50 bits per heavy atom. The molecule has 0 N–H and O–H groups in total. The van der Waals surface area contributed by atoms with Gasteiger partial charge in [0, 0.05) is 30.7 Å². The monoisotopic (exact) mass is 371 g/mol. The molecule has 0 bridgehead atoms. The van der Waals surface area contributed by atoms with Gasteiger partial charge in [0.05, 0.1) is 17.2 Å². The Balaban J connectivity index is 1.90. The van der Waals surface area contributed by atoms with E-state index in [0.717, 1.165) is 34.5 Å². The fraction of sp³-hybridized carbons (Fsp3) is 0.250. The molecule has 0 aliphatic heterocycles. The Morgan fingerprint density at radius 1 is 1.11 bits per heavy atom. The molecular weight excluding hydrogens is 348 g/mol. The highest BCUT2D eigenvalue weighted by Gasteiger charge is 2.25. The molecule has 142 valence electrons. The van der Waals surface area contributed by atoms with Crippen molar-refractivity contribution < 1.29 is 9.90 Å². The highest BCUT2D eigenvalue weighted by Crippen LogP contribution is 2.38. The van der Waals surface area contributed by atoms with Gasteiger partial charge in [-0.1, -0.05) is 37.3 Å². The van der Waals surface area contributed by atoms with Crippen LogP contribution in [-0.4, -0.2) is 25.0 Å². The minimum atomic E-state index is -1.13. The average molecular weight is 371 g/mol. The van der Waals surface area contributed by atoms with E-state index in [1.54, 1.807) is 0 Å². The van der Waals surface area contributed by atoms with Gasteiger partial charge in [-0.15, -0.1) is 0 Å². The number of para-hydroxylation sites is 1. The number of carbonyl (C=O) groups excluding carboxylic acids is 1. The highest BCUT2D eigenvalue weighted by atomic mass is 16.4. The van der Waals surface area contributed by atoms with Crippen LogP contribution in [0.25, 0.3) is 22.6 Å². The van der Waals surface area contributed by atoms with Crippen LogP contribution in [0.2, 0.25) is 0 Å². The number of aromatic nitrogens is 1. The van der Waals surface area contributed by atoms with Crippen LogP contribution >= 0.6 is 0 Å². The molecule has 4 heteroatoms. The summed E-state index contributed by atoms with van der Waals surface area (Å²) < 4.78 is 0. The first-order valence-electron chi connectivity index (χ1n) is 9.55. The van der Waals surface area contributed by atoms with Crippen molar-refractivity contribution in [3.63, 3.8) is 0 Å². The van der Waals surface area contributed by atoms with Gasteiger partial charge in [-0.2, -0.15) is 0 Å². The van der Waals surface area contributed by atoms with Crippen LogP contribution in [0.4, 0.5) is 5.69 Å². The molecule has 1 atom stereocenters. The molecule has 0 saturated heterocycles. The summed E-state index contributed by atoms with van der Waals surface area (Å²) in [6, 6.07) is 15.7. The quantitative estimate of drug-likeness (QED) is 0.703. The van der Waals surface area contributed by atoms with Gasteiger partial charge >= 0.3 is 0 Å². The number of benzene rings is 2. The largest absolute Gasteiger partial charge is 0.545 e. The van der Waals surface area contributed by atoms with Gasteiger partial charge in [-0.05, 0) is 59.7 Å². The number of pyridine rings is 1. The van der Waals surface area contributed by atoms with E-state index in [-0.39, 0.29) is 0 Å². The number of nitrogens with zero attached hydrogens (tertiary/aromatic N) is 2. The zero-order valence-corrected chi connectivity index (χ0v) is 16.4. The number of hydrogen-bond acceptors (Lipinski definition) is 4. The first kappa shape index (κ1) is 18.2. The fourth-order valence-corrected chi connectivity index (χ4v) is 4.04. The molecule has 3 aromatic rings. The van der Waals surface area contributed by atoms with Crippen LogP contribution < -0.4 is 10.0 Å². The van der Waals surface area contributed by atoms with Crippen molar-refractivity contribution >= 4 is 34.2 Å². The van der Waals surface area contributed by atoms with E-state index in [1.807, 2.05) is 38.4 Å². The van der Waals surface area contributed by atoms with Gasteiger partial charge in [0.2, 0.25) is 0 Å². The van der Waals surface area contributed by atoms with Crippen molar-refractivity contribution in [1.82, 2.24) is 4.98 Å². The number of anilines is 1. The lowest BCUT2D eigenvalue weighted by atomic mass is 9.80. The Morgan fingerprint density at radius 2 is 1.82 bits per heavy atom. The second-order valence-corrected chi connectivity index (χ2v) is 7.79. The maximum absolute atomic E-state index is 12.0. The zero-order chi connectivity index (χ0) is 19.8. The standard InChI is InChI=1S/C24H24N2O2/c1-15-12-17(14-16-8-10-18(11-9-16)26(2)3)23-20(13-15)22(24(27)28)19-6-4-5-7-21(19)25-23/h4-11,14-15H,12-13H2,1-3H3,(H,27,28)/p-1/b17-14+/t15-/m1/s1. The third kappa shape index (κ3) is 3.26. The predicted molar refractivity (Wildman–Crippen MR) is 112 cm³/mol. The topological polar surface area (TPSA) is 56.3 Å². The van der Waals surface area contributed by atoms with E-state index in [2.05, 4.69) is 42.2 Å². The molecule has 0 unspecified atom stereocenters. The zero-order valence-electron chi connectivity index (χ0n) is 16.4. The fourth-order valence-electron chi connectivity index (χ4n) is 4.04. The average Bonchev–Trinajstić information content (AvgIpc) is 2.66. The van der Waals surface area contributed by atoms with Crippen molar-refractivity contribution in [3.8, 4) is 0 Å². The van der Waals surface area contributed by atoms with E-state index >= 15 is 0 Å². The van der Waals surface area contributed by atoms with E-state index in [1.165, 1.54) is 0 Å². The van der Waals surface area contributed by atoms with E-state index in [4.69, 9.17) is 4.98 Å². The molecule has 0 spiro atoms. The molecule has 0 fully saturated rings. The van der Waals surface area contributed by atoms with Crippen LogP contribution in [0.5, 0.6) is 0 Å². The third-order valence-electron chi connectivity index (χ3n) is 5.37. The number of rotatable bonds is 3. The maximum Gasteiger partial charge on any atom is 0.0725 e. The summed E-state index contributed by atoms with van der Waals surface area (Å²) in [5.41, 5.74) is 5.90. The van der Waals surface area contributed by atoms with Gasteiger partial charge < -0.3 is 14.8 Å². The first-order chi connectivity index (χ1) is 13.4. The number of hydrogen-bond donors (Lipinski definition) is 0. The van der Waals surface area contributed by atoms with Gasteiger partial charge in [-0.3, -0.25) is 0 Å². The normalized spacial score (nSPS) is 17.5. The lowest BCUT2D eigenvalue weighted by molar-refractivity contribution is -0.254. The van der Waals surface area contributed by atoms with E-state index in [9.17, 15) is 9.90 Å². The van der Waals surface area contributed by atoms with E-state index < -0.39 is 5.97 Å². The second-order valence-electron chi connectivity index (χ2n) is 7.79. The number of carboxylic acid groups (broad SMARTS) is 1. The third-order valence-corrected chi connectivity index (χ3v) is 5.37. The molecule has 4 nitrogen and oxygen atoms in total. The lowest BCUT2D eigenvalue weighted by Gasteiger charge is -2.27. The molecule has 4 rings (SSSR count). The smallest absolute Gasteiger partial charge is 0.0725 e.